The maximum absolute atomic E-state index is 12.9. The predicted molar refractivity (Wildman–Crippen MR) is 121 cm³/mol. The molecule has 2 aromatic rings. The van der Waals surface area contributed by atoms with Gasteiger partial charge in [-0.05, 0) is 29.7 Å². The van der Waals surface area contributed by atoms with Crippen LogP contribution < -0.4 is 14.8 Å². The van der Waals surface area contributed by atoms with E-state index in [1.165, 1.54) is 0 Å². The Bertz CT molecular complexity index is 773. The molecule has 174 valence electrons. The number of alkyl halides is 3. The van der Waals surface area contributed by atoms with Gasteiger partial charge in [-0.15, -0.1) is 24.8 Å². The number of benzene rings is 2. The lowest BCUT2D eigenvalue weighted by atomic mass is 9.98. The van der Waals surface area contributed by atoms with E-state index in [1.54, 1.807) is 13.2 Å². The van der Waals surface area contributed by atoms with Crippen LogP contribution in [-0.2, 0) is 6.61 Å². The van der Waals surface area contributed by atoms with E-state index in [-0.39, 0.29) is 37.3 Å². The first-order valence-electron chi connectivity index (χ1n) is 9.82. The molecule has 1 fully saturated rings. The highest BCUT2D eigenvalue weighted by atomic mass is 35.5. The number of nitrogens with zero attached hydrogens (tertiary/aromatic N) is 1. The number of hydrogen-bond acceptors (Lipinski definition) is 4. The quantitative estimate of drug-likeness (QED) is 0.547. The van der Waals surface area contributed by atoms with Gasteiger partial charge in [0.1, 0.15) is 6.61 Å². The topological polar surface area (TPSA) is 33.7 Å². The van der Waals surface area contributed by atoms with E-state index in [4.69, 9.17) is 9.47 Å². The van der Waals surface area contributed by atoms with E-state index in [0.29, 0.717) is 18.1 Å². The number of nitrogens with one attached hydrogen (secondary N) is 1. The third-order valence-corrected chi connectivity index (χ3v) is 5.10. The Morgan fingerprint density at radius 1 is 1.00 bits per heavy atom. The molecule has 4 nitrogen and oxygen atoms in total. The van der Waals surface area contributed by atoms with Gasteiger partial charge in [-0.25, -0.2) is 0 Å². The van der Waals surface area contributed by atoms with Crippen LogP contribution in [0.2, 0.25) is 0 Å². The third-order valence-electron chi connectivity index (χ3n) is 5.10. The third kappa shape index (κ3) is 8.41. The van der Waals surface area contributed by atoms with Gasteiger partial charge in [0.15, 0.2) is 11.5 Å². The van der Waals surface area contributed by atoms with Crippen molar-refractivity contribution in [2.75, 3.05) is 33.3 Å². The summed E-state index contributed by atoms with van der Waals surface area (Å²) in [4.78, 5) is 2.11. The Balaban J connectivity index is 0.00000240. The zero-order valence-electron chi connectivity index (χ0n) is 17.4. The monoisotopic (exact) mass is 480 g/mol. The summed E-state index contributed by atoms with van der Waals surface area (Å²) in [5.74, 6) is 1.11. The fourth-order valence-corrected chi connectivity index (χ4v) is 3.60. The Labute approximate surface area is 193 Å². The average Bonchev–Trinajstić information content (AvgIpc) is 2.73. The van der Waals surface area contributed by atoms with Crippen LogP contribution in [0.15, 0.2) is 48.5 Å². The lowest BCUT2D eigenvalue weighted by Crippen LogP contribution is -2.45. The molecule has 2 aromatic carbocycles. The Kier molecular flexibility index (Phi) is 11.5. The number of piperazine rings is 1. The minimum Gasteiger partial charge on any atom is -0.493 e. The van der Waals surface area contributed by atoms with Crippen LogP contribution in [0.5, 0.6) is 11.5 Å². The highest BCUT2D eigenvalue weighted by Crippen LogP contribution is 2.36. The minimum atomic E-state index is -4.17. The molecular weight excluding hydrogens is 452 g/mol. The SMILES string of the molecule is COc1cc([C@@H](CCC(F)(F)F)N2CCNCC2)ccc1OCc1ccccc1.Cl.Cl. The van der Waals surface area contributed by atoms with Crippen LogP contribution in [0.1, 0.15) is 30.0 Å². The summed E-state index contributed by atoms with van der Waals surface area (Å²) < 4.78 is 50.0. The molecule has 0 radical (unpaired) electrons. The fourth-order valence-electron chi connectivity index (χ4n) is 3.60. The van der Waals surface area contributed by atoms with E-state index in [2.05, 4.69) is 10.2 Å². The van der Waals surface area contributed by atoms with Crippen molar-refractivity contribution in [3.63, 3.8) is 0 Å². The molecule has 3 rings (SSSR count). The molecule has 0 aliphatic carbocycles. The van der Waals surface area contributed by atoms with E-state index in [9.17, 15) is 13.2 Å². The summed E-state index contributed by atoms with van der Waals surface area (Å²) in [6.07, 6.45) is -4.96. The number of hydrogen-bond donors (Lipinski definition) is 1. The van der Waals surface area contributed by atoms with Crippen LogP contribution in [0, 0.1) is 0 Å². The predicted octanol–water partition coefficient (Wildman–Crippen LogP) is 5.41. The van der Waals surface area contributed by atoms with Crippen LogP contribution in [0.3, 0.4) is 0 Å². The standard InChI is InChI=1S/C22H27F3N2O2.2ClH/c1-28-21-15-18(7-8-20(21)29-16-17-5-3-2-4-6-17)19(9-10-22(23,24)25)27-13-11-26-12-14-27;;/h2-8,15,19,26H,9-14,16H2,1H3;2*1H/t19-;;/m1../s1. The Hall–Kier alpha value is -1.67. The van der Waals surface area contributed by atoms with E-state index in [0.717, 1.165) is 37.3 Å². The average molecular weight is 481 g/mol. The molecule has 1 aliphatic heterocycles. The summed E-state index contributed by atoms with van der Waals surface area (Å²) in [5, 5.41) is 3.25. The lowest BCUT2D eigenvalue weighted by molar-refractivity contribution is -0.138. The second-order valence-electron chi connectivity index (χ2n) is 7.14. The number of rotatable bonds is 8. The number of halogens is 5. The van der Waals surface area contributed by atoms with Gasteiger partial charge in [-0.2, -0.15) is 13.2 Å². The van der Waals surface area contributed by atoms with E-state index < -0.39 is 12.6 Å². The molecule has 31 heavy (non-hydrogen) atoms. The molecule has 0 unspecified atom stereocenters. The molecule has 9 heteroatoms. The van der Waals surface area contributed by atoms with Crippen molar-refractivity contribution in [2.24, 2.45) is 0 Å². The molecule has 1 N–H and O–H groups in total. The highest BCUT2D eigenvalue weighted by Gasteiger charge is 2.31. The maximum atomic E-state index is 12.9. The Morgan fingerprint density at radius 3 is 2.29 bits per heavy atom. The van der Waals surface area contributed by atoms with Crippen molar-refractivity contribution < 1.29 is 22.6 Å². The zero-order valence-corrected chi connectivity index (χ0v) is 19.0. The normalized spacial score (nSPS) is 15.4. The molecule has 1 heterocycles. The first kappa shape index (κ1) is 27.4. The molecule has 0 spiro atoms. The second-order valence-corrected chi connectivity index (χ2v) is 7.14. The molecular formula is C22H29Cl2F3N2O2. The zero-order chi connectivity index (χ0) is 20.7. The summed E-state index contributed by atoms with van der Waals surface area (Å²) in [5.41, 5.74) is 1.85. The first-order chi connectivity index (χ1) is 14.0. The van der Waals surface area contributed by atoms with Gasteiger partial charge in [-0.1, -0.05) is 36.4 Å². The van der Waals surface area contributed by atoms with Crippen LogP contribution in [0.4, 0.5) is 13.2 Å². The van der Waals surface area contributed by atoms with Crippen LogP contribution in [-0.4, -0.2) is 44.4 Å². The highest BCUT2D eigenvalue weighted by molar-refractivity contribution is 5.85. The van der Waals surface area contributed by atoms with Gasteiger partial charge in [0.05, 0.1) is 7.11 Å². The molecule has 1 aliphatic rings. The van der Waals surface area contributed by atoms with Gasteiger partial charge in [0, 0.05) is 38.6 Å². The molecule has 0 bridgehead atoms. The molecule has 0 aromatic heterocycles. The van der Waals surface area contributed by atoms with Crippen molar-refractivity contribution in [1.29, 1.82) is 0 Å². The molecule has 1 saturated heterocycles. The minimum absolute atomic E-state index is 0. The largest absolute Gasteiger partial charge is 0.493 e. The number of ether oxygens (including phenoxy) is 2. The summed E-state index contributed by atoms with van der Waals surface area (Å²) in [6, 6.07) is 14.9. The van der Waals surface area contributed by atoms with Crippen molar-refractivity contribution in [2.45, 2.75) is 31.7 Å². The summed E-state index contributed by atoms with van der Waals surface area (Å²) >= 11 is 0. The van der Waals surface area contributed by atoms with Gasteiger partial charge in [0.2, 0.25) is 0 Å². The Morgan fingerprint density at radius 2 is 1.68 bits per heavy atom. The summed E-state index contributed by atoms with van der Waals surface area (Å²) in [7, 11) is 1.55. The lowest BCUT2D eigenvalue weighted by Gasteiger charge is -2.35. The van der Waals surface area contributed by atoms with Gasteiger partial charge in [0.25, 0.3) is 0 Å². The van der Waals surface area contributed by atoms with Gasteiger partial charge < -0.3 is 14.8 Å². The maximum Gasteiger partial charge on any atom is 0.389 e. The van der Waals surface area contributed by atoms with Crippen molar-refractivity contribution in [1.82, 2.24) is 10.2 Å². The van der Waals surface area contributed by atoms with Crippen molar-refractivity contribution >= 4 is 24.8 Å². The van der Waals surface area contributed by atoms with Crippen LogP contribution in [0.25, 0.3) is 0 Å². The van der Waals surface area contributed by atoms with Crippen LogP contribution >= 0.6 is 24.8 Å². The molecule has 1 atom stereocenters. The van der Waals surface area contributed by atoms with E-state index in [1.807, 2.05) is 42.5 Å². The fraction of sp³-hybridized carbons (Fsp3) is 0.455. The van der Waals surface area contributed by atoms with Gasteiger partial charge in [-0.3, -0.25) is 4.90 Å². The van der Waals surface area contributed by atoms with E-state index >= 15 is 0 Å². The molecule has 0 saturated carbocycles. The van der Waals surface area contributed by atoms with Crippen molar-refractivity contribution in [3.8, 4) is 11.5 Å². The smallest absolute Gasteiger partial charge is 0.389 e. The summed E-state index contributed by atoms with van der Waals surface area (Å²) in [6.45, 7) is 3.38. The van der Waals surface area contributed by atoms with Gasteiger partial charge >= 0.3 is 6.18 Å². The first-order valence-corrected chi connectivity index (χ1v) is 9.82. The second kappa shape index (κ2) is 13.0. The van der Waals surface area contributed by atoms with Crippen molar-refractivity contribution in [3.05, 3.63) is 59.7 Å². The molecule has 0 amide bonds. The number of methoxy groups -OCH3 is 1.